The van der Waals surface area contributed by atoms with Crippen LogP contribution in [0.5, 0.6) is 0 Å². The summed E-state index contributed by atoms with van der Waals surface area (Å²) in [5, 5.41) is 3.37. The van der Waals surface area contributed by atoms with Crippen LogP contribution in [0.2, 0.25) is 0 Å². The molecule has 0 bridgehead atoms. The molecule has 3 nitrogen and oxygen atoms in total. The van der Waals surface area contributed by atoms with E-state index in [2.05, 4.69) is 31.1 Å². The molecule has 1 rings (SSSR count). The number of nitrogens with one attached hydrogen (secondary N) is 1. The van der Waals surface area contributed by atoms with Crippen molar-refractivity contribution in [1.29, 1.82) is 0 Å². The number of rotatable bonds is 7. The SMILES string of the molecule is CCC(CCCN1CCOC(CC)C1)NC. The van der Waals surface area contributed by atoms with Crippen LogP contribution < -0.4 is 5.32 Å². The van der Waals surface area contributed by atoms with Crippen molar-refractivity contribution in [3.63, 3.8) is 0 Å². The fourth-order valence-corrected chi connectivity index (χ4v) is 2.34. The van der Waals surface area contributed by atoms with E-state index in [9.17, 15) is 0 Å². The summed E-state index contributed by atoms with van der Waals surface area (Å²) in [5.74, 6) is 0. The van der Waals surface area contributed by atoms with Crippen LogP contribution in [0, 0.1) is 0 Å². The van der Waals surface area contributed by atoms with Gasteiger partial charge in [-0.3, -0.25) is 4.90 Å². The molecule has 1 heterocycles. The van der Waals surface area contributed by atoms with Crippen LogP contribution in [0.4, 0.5) is 0 Å². The average molecular weight is 228 g/mol. The molecule has 0 aliphatic carbocycles. The minimum atomic E-state index is 0.472. The van der Waals surface area contributed by atoms with Gasteiger partial charge in [0.05, 0.1) is 12.7 Å². The van der Waals surface area contributed by atoms with Gasteiger partial charge in [0.1, 0.15) is 0 Å². The fraction of sp³-hybridized carbons (Fsp3) is 1.00. The first-order chi connectivity index (χ1) is 7.80. The van der Waals surface area contributed by atoms with Crippen molar-refractivity contribution < 1.29 is 4.74 Å². The molecule has 3 heteroatoms. The molecule has 1 aliphatic heterocycles. The van der Waals surface area contributed by atoms with E-state index in [0.29, 0.717) is 12.1 Å². The van der Waals surface area contributed by atoms with Crippen LogP contribution in [0.15, 0.2) is 0 Å². The molecule has 96 valence electrons. The molecule has 1 saturated heterocycles. The first-order valence-corrected chi connectivity index (χ1v) is 6.81. The molecular weight excluding hydrogens is 200 g/mol. The molecule has 0 amide bonds. The monoisotopic (exact) mass is 228 g/mol. The third-order valence-electron chi connectivity index (χ3n) is 3.61. The maximum absolute atomic E-state index is 5.67. The van der Waals surface area contributed by atoms with Crippen LogP contribution in [0.25, 0.3) is 0 Å². The molecule has 2 unspecified atom stereocenters. The highest BCUT2D eigenvalue weighted by Crippen LogP contribution is 2.10. The Kier molecular flexibility index (Phi) is 7.01. The lowest BCUT2D eigenvalue weighted by Gasteiger charge is -2.32. The van der Waals surface area contributed by atoms with Crippen molar-refractivity contribution >= 4 is 0 Å². The van der Waals surface area contributed by atoms with Crippen molar-refractivity contribution in [3.05, 3.63) is 0 Å². The summed E-state index contributed by atoms with van der Waals surface area (Å²) in [6.45, 7) is 8.87. The molecule has 1 N–H and O–H groups in total. The number of morpholine rings is 1. The van der Waals surface area contributed by atoms with Crippen LogP contribution in [-0.2, 0) is 4.74 Å². The molecule has 0 aromatic rings. The van der Waals surface area contributed by atoms with Gasteiger partial charge >= 0.3 is 0 Å². The summed E-state index contributed by atoms with van der Waals surface area (Å²) < 4.78 is 5.67. The maximum atomic E-state index is 5.67. The number of hydrogen-bond acceptors (Lipinski definition) is 3. The van der Waals surface area contributed by atoms with Crippen molar-refractivity contribution in [2.45, 2.75) is 51.7 Å². The minimum absolute atomic E-state index is 0.472. The van der Waals surface area contributed by atoms with Gasteiger partial charge in [0, 0.05) is 19.1 Å². The van der Waals surface area contributed by atoms with Gasteiger partial charge in [-0.1, -0.05) is 13.8 Å². The molecule has 0 spiro atoms. The average Bonchev–Trinajstić information content (AvgIpc) is 2.35. The third kappa shape index (κ3) is 4.81. The second kappa shape index (κ2) is 8.04. The summed E-state index contributed by atoms with van der Waals surface area (Å²) in [5.41, 5.74) is 0. The zero-order chi connectivity index (χ0) is 11.8. The smallest absolute Gasteiger partial charge is 0.0700 e. The van der Waals surface area contributed by atoms with Gasteiger partial charge < -0.3 is 10.1 Å². The Bertz CT molecular complexity index is 171. The van der Waals surface area contributed by atoms with Gasteiger partial charge in [0.2, 0.25) is 0 Å². The Morgan fingerprint density at radius 1 is 1.44 bits per heavy atom. The van der Waals surface area contributed by atoms with E-state index < -0.39 is 0 Å². The molecule has 0 radical (unpaired) electrons. The predicted octanol–water partition coefficient (Wildman–Crippen LogP) is 1.88. The van der Waals surface area contributed by atoms with Crippen molar-refractivity contribution in [3.8, 4) is 0 Å². The van der Waals surface area contributed by atoms with Crippen LogP contribution in [0.3, 0.4) is 0 Å². The van der Waals surface area contributed by atoms with Gasteiger partial charge in [-0.15, -0.1) is 0 Å². The Morgan fingerprint density at radius 2 is 2.25 bits per heavy atom. The second-order valence-electron chi connectivity index (χ2n) is 4.74. The summed E-state index contributed by atoms with van der Waals surface area (Å²) in [6, 6.07) is 0.697. The highest BCUT2D eigenvalue weighted by atomic mass is 16.5. The molecule has 2 atom stereocenters. The minimum Gasteiger partial charge on any atom is -0.376 e. The van der Waals surface area contributed by atoms with Crippen molar-refractivity contribution in [2.75, 3.05) is 33.3 Å². The number of nitrogens with zero attached hydrogens (tertiary/aromatic N) is 1. The van der Waals surface area contributed by atoms with Gasteiger partial charge in [0.15, 0.2) is 0 Å². The third-order valence-corrected chi connectivity index (χ3v) is 3.61. The van der Waals surface area contributed by atoms with E-state index in [1.165, 1.54) is 25.8 Å². The van der Waals surface area contributed by atoms with Gasteiger partial charge in [0.25, 0.3) is 0 Å². The largest absolute Gasteiger partial charge is 0.376 e. The molecule has 1 fully saturated rings. The zero-order valence-corrected chi connectivity index (χ0v) is 11.2. The Labute approximate surface area is 101 Å². The lowest BCUT2D eigenvalue weighted by molar-refractivity contribution is -0.0300. The zero-order valence-electron chi connectivity index (χ0n) is 11.2. The Morgan fingerprint density at radius 3 is 2.88 bits per heavy atom. The molecular formula is C13H28N2O. The van der Waals surface area contributed by atoms with E-state index in [1.807, 2.05) is 0 Å². The number of ether oxygens (including phenoxy) is 1. The summed E-state index contributed by atoms with van der Waals surface area (Å²) in [7, 11) is 2.07. The van der Waals surface area contributed by atoms with Gasteiger partial charge in [-0.2, -0.15) is 0 Å². The standard InChI is InChI=1S/C13H28N2O/c1-4-12(14-3)7-6-8-15-9-10-16-13(5-2)11-15/h12-14H,4-11H2,1-3H3. The first kappa shape index (κ1) is 13.9. The van der Waals surface area contributed by atoms with Crippen molar-refractivity contribution in [2.24, 2.45) is 0 Å². The predicted molar refractivity (Wildman–Crippen MR) is 68.8 cm³/mol. The van der Waals surface area contributed by atoms with E-state index in [1.54, 1.807) is 0 Å². The summed E-state index contributed by atoms with van der Waals surface area (Å²) in [6.07, 6.45) is 5.44. The quantitative estimate of drug-likeness (QED) is 0.720. The highest BCUT2D eigenvalue weighted by Gasteiger charge is 2.18. The molecule has 0 aromatic carbocycles. The molecule has 1 aliphatic rings. The van der Waals surface area contributed by atoms with E-state index >= 15 is 0 Å². The fourth-order valence-electron chi connectivity index (χ4n) is 2.34. The Balaban J connectivity index is 2.12. The van der Waals surface area contributed by atoms with Gasteiger partial charge in [-0.25, -0.2) is 0 Å². The molecule has 0 aromatic heterocycles. The molecule has 0 saturated carbocycles. The van der Waals surface area contributed by atoms with E-state index in [0.717, 1.165) is 26.1 Å². The Hall–Kier alpha value is -0.120. The van der Waals surface area contributed by atoms with E-state index in [-0.39, 0.29) is 0 Å². The number of hydrogen-bond donors (Lipinski definition) is 1. The second-order valence-corrected chi connectivity index (χ2v) is 4.74. The summed E-state index contributed by atoms with van der Waals surface area (Å²) >= 11 is 0. The van der Waals surface area contributed by atoms with Gasteiger partial charge in [-0.05, 0) is 39.3 Å². The highest BCUT2D eigenvalue weighted by molar-refractivity contribution is 4.71. The van der Waals surface area contributed by atoms with Crippen LogP contribution >= 0.6 is 0 Å². The molecule has 16 heavy (non-hydrogen) atoms. The van der Waals surface area contributed by atoms with E-state index in [4.69, 9.17) is 4.74 Å². The maximum Gasteiger partial charge on any atom is 0.0700 e. The van der Waals surface area contributed by atoms with Crippen LogP contribution in [-0.4, -0.2) is 50.3 Å². The lowest BCUT2D eigenvalue weighted by atomic mass is 10.1. The summed E-state index contributed by atoms with van der Waals surface area (Å²) in [4.78, 5) is 2.56. The van der Waals surface area contributed by atoms with Crippen molar-refractivity contribution in [1.82, 2.24) is 10.2 Å². The first-order valence-electron chi connectivity index (χ1n) is 6.81. The van der Waals surface area contributed by atoms with Crippen LogP contribution in [0.1, 0.15) is 39.5 Å². The topological polar surface area (TPSA) is 24.5 Å². The normalized spacial score (nSPS) is 24.6. The lowest BCUT2D eigenvalue weighted by Crippen LogP contribution is -2.42.